The number of para-hydroxylation sites is 1. The van der Waals surface area contributed by atoms with Crippen LogP contribution in [0.25, 0.3) is 10.9 Å². The number of amides is 1. The summed E-state index contributed by atoms with van der Waals surface area (Å²) in [7, 11) is 0. The van der Waals surface area contributed by atoms with Crippen molar-refractivity contribution in [2.45, 2.75) is 25.8 Å². The zero-order valence-electron chi connectivity index (χ0n) is 11.3. The monoisotopic (exact) mass is 274 g/mol. The average molecular weight is 274 g/mol. The lowest BCUT2D eigenvalue weighted by molar-refractivity contribution is 0.0928. The van der Waals surface area contributed by atoms with Crippen molar-refractivity contribution >= 4 is 16.8 Å². The lowest BCUT2D eigenvalue weighted by atomic mass is 10.1. The molecule has 5 heteroatoms. The number of aliphatic hydroxyl groups excluding tert-OH is 1. The fourth-order valence-corrected chi connectivity index (χ4v) is 2.16. The van der Waals surface area contributed by atoms with E-state index in [-0.39, 0.29) is 29.9 Å². The number of pyridine rings is 1. The second-order valence-corrected chi connectivity index (χ2v) is 4.63. The molecule has 0 saturated heterocycles. The maximum atomic E-state index is 12.3. The summed E-state index contributed by atoms with van der Waals surface area (Å²) in [6.07, 6.45) is 2.49. The molecule has 1 heterocycles. The number of nitrogens with zero attached hydrogens (tertiary/aromatic N) is 1. The standard InChI is InChI=1S/C15H18N2O3/c1-2-10(7-8-18)17-15(20)14-11-5-3-4-6-12(11)16-9-13(14)19/h3-6,9-10,18-19H,2,7-8H2,1H3,(H,17,20). The summed E-state index contributed by atoms with van der Waals surface area (Å²) in [6.45, 7) is 1.95. The first-order chi connectivity index (χ1) is 9.67. The smallest absolute Gasteiger partial charge is 0.256 e. The van der Waals surface area contributed by atoms with Gasteiger partial charge in [0, 0.05) is 18.0 Å². The molecule has 0 aliphatic rings. The molecular formula is C15H18N2O3. The molecule has 106 valence electrons. The van der Waals surface area contributed by atoms with Gasteiger partial charge < -0.3 is 15.5 Å². The van der Waals surface area contributed by atoms with E-state index in [1.54, 1.807) is 18.2 Å². The molecule has 1 unspecified atom stereocenters. The Morgan fingerprint density at radius 3 is 2.85 bits per heavy atom. The van der Waals surface area contributed by atoms with Crippen LogP contribution < -0.4 is 5.32 Å². The van der Waals surface area contributed by atoms with Crippen LogP contribution in [0.4, 0.5) is 0 Å². The number of hydrogen-bond donors (Lipinski definition) is 3. The highest BCUT2D eigenvalue weighted by molar-refractivity contribution is 6.08. The van der Waals surface area contributed by atoms with Crippen LogP contribution in [-0.4, -0.2) is 33.8 Å². The summed E-state index contributed by atoms with van der Waals surface area (Å²) in [4.78, 5) is 16.4. The Morgan fingerprint density at radius 2 is 2.15 bits per heavy atom. The molecule has 0 aliphatic carbocycles. The van der Waals surface area contributed by atoms with E-state index < -0.39 is 0 Å². The summed E-state index contributed by atoms with van der Waals surface area (Å²) >= 11 is 0. The minimum Gasteiger partial charge on any atom is -0.505 e. The van der Waals surface area contributed by atoms with Crippen LogP contribution in [0.3, 0.4) is 0 Å². The van der Waals surface area contributed by atoms with Gasteiger partial charge in [-0.15, -0.1) is 0 Å². The van der Waals surface area contributed by atoms with Gasteiger partial charge in [0.05, 0.1) is 17.3 Å². The first-order valence-electron chi connectivity index (χ1n) is 6.65. The van der Waals surface area contributed by atoms with Crippen LogP contribution in [-0.2, 0) is 0 Å². The third-order valence-corrected chi connectivity index (χ3v) is 3.29. The molecule has 0 aliphatic heterocycles. The molecule has 2 aromatic rings. The summed E-state index contributed by atoms with van der Waals surface area (Å²) in [6, 6.07) is 7.05. The second-order valence-electron chi connectivity index (χ2n) is 4.63. The van der Waals surface area contributed by atoms with Crippen LogP contribution >= 0.6 is 0 Å². The predicted octanol–water partition coefficient (Wildman–Crippen LogP) is 1.83. The largest absolute Gasteiger partial charge is 0.505 e. The maximum Gasteiger partial charge on any atom is 0.256 e. The van der Waals surface area contributed by atoms with Crippen molar-refractivity contribution in [1.29, 1.82) is 0 Å². The van der Waals surface area contributed by atoms with Gasteiger partial charge in [0.25, 0.3) is 5.91 Å². The number of carbonyl (C=O) groups excluding carboxylic acids is 1. The molecule has 0 bridgehead atoms. The molecule has 0 spiro atoms. The van der Waals surface area contributed by atoms with Crippen molar-refractivity contribution in [3.05, 3.63) is 36.0 Å². The summed E-state index contributed by atoms with van der Waals surface area (Å²) in [5, 5.41) is 22.3. The van der Waals surface area contributed by atoms with Gasteiger partial charge in [-0.25, -0.2) is 0 Å². The van der Waals surface area contributed by atoms with E-state index in [2.05, 4.69) is 10.3 Å². The number of fused-ring (bicyclic) bond motifs is 1. The number of aliphatic hydroxyl groups is 1. The third kappa shape index (κ3) is 2.88. The molecule has 5 nitrogen and oxygen atoms in total. The molecule has 1 atom stereocenters. The zero-order valence-corrected chi connectivity index (χ0v) is 11.3. The molecule has 1 amide bonds. The van der Waals surface area contributed by atoms with E-state index >= 15 is 0 Å². The highest BCUT2D eigenvalue weighted by atomic mass is 16.3. The van der Waals surface area contributed by atoms with Gasteiger partial charge in [-0.3, -0.25) is 9.78 Å². The van der Waals surface area contributed by atoms with Crippen LogP contribution in [0.1, 0.15) is 30.1 Å². The number of nitrogens with one attached hydrogen (secondary N) is 1. The Bertz CT molecular complexity index is 613. The maximum absolute atomic E-state index is 12.3. The minimum atomic E-state index is -0.346. The Labute approximate surface area is 117 Å². The number of rotatable bonds is 5. The van der Waals surface area contributed by atoms with E-state index in [1.807, 2.05) is 13.0 Å². The Hall–Kier alpha value is -2.14. The van der Waals surface area contributed by atoms with Crippen LogP contribution in [0, 0.1) is 0 Å². The Morgan fingerprint density at radius 1 is 1.40 bits per heavy atom. The molecule has 1 aromatic carbocycles. The van der Waals surface area contributed by atoms with Gasteiger partial charge in [0.1, 0.15) is 5.75 Å². The molecule has 20 heavy (non-hydrogen) atoms. The van der Waals surface area contributed by atoms with Crippen molar-refractivity contribution in [3.63, 3.8) is 0 Å². The number of aromatic nitrogens is 1. The number of hydrogen-bond acceptors (Lipinski definition) is 4. The van der Waals surface area contributed by atoms with Crippen molar-refractivity contribution in [3.8, 4) is 5.75 Å². The molecule has 1 aromatic heterocycles. The molecule has 2 rings (SSSR count). The topological polar surface area (TPSA) is 82.5 Å². The highest BCUT2D eigenvalue weighted by Gasteiger charge is 2.18. The second kappa shape index (κ2) is 6.34. The van der Waals surface area contributed by atoms with Crippen molar-refractivity contribution in [2.75, 3.05) is 6.61 Å². The number of benzene rings is 1. The Kier molecular flexibility index (Phi) is 4.53. The van der Waals surface area contributed by atoms with Crippen LogP contribution in [0.15, 0.2) is 30.5 Å². The van der Waals surface area contributed by atoms with Crippen molar-refractivity contribution in [1.82, 2.24) is 10.3 Å². The van der Waals surface area contributed by atoms with Crippen LogP contribution in [0.2, 0.25) is 0 Å². The fourth-order valence-electron chi connectivity index (χ4n) is 2.16. The van der Waals surface area contributed by atoms with E-state index in [0.29, 0.717) is 17.3 Å². The lowest BCUT2D eigenvalue weighted by Crippen LogP contribution is -2.35. The van der Waals surface area contributed by atoms with E-state index in [9.17, 15) is 9.90 Å². The zero-order chi connectivity index (χ0) is 14.5. The minimum absolute atomic E-state index is 0.0157. The summed E-state index contributed by atoms with van der Waals surface area (Å²) in [5.41, 5.74) is 0.887. The highest BCUT2D eigenvalue weighted by Crippen LogP contribution is 2.25. The molecule has 0 fully saturated rings. The summed E-state index contributed by atoms with van der Waals surface area (Å²) in [5.74, 6) is -0.485. The van der Waals surface area contributed by atoms with Gasteiger partial charge >= 0.3 is 0 Å². The van der Waals surface area contributed by atoms with E-state index in [1.165, 1.54) is 6.20 Å². The van der Waals surface area contributed by atoms with Gasteiger partial charge in [0.15, 0.2) is 0 Å². The first-order valence-corrected chi connectivity index (χ1v) is 6.65. The SMILES string of the molecule is CCC(CCO)NC(=O)c1c(O)cnc2ccccc12. The van der Waals surface area contributed by atoms with Gasteiger partial charge in [0.2, 0.25) is 0 Å². The van der Waals surface area contributed by atoms with E-state index in [0.717, 1.165) is 6.42 Å². The normalized spacial score (nSPS) is 12.3. The fraction of sp³-hybridized carbons (Fsp3) is 0.333. The average Bonchev–Trinajstić information content (AvgIpc) is 2.46. The van der Waals surface area contributed by atoms with Gasteiger partial charge in [-0.2, -0.15) is 0 Å². The molecule has 3 N–H and O–H groups in total. The van der Waals surface area contributed by atoms with Gasteiger partial charge in [-0.1, -0.05) is 25.1 Å². The Balaban J connectivity index is 2.36. The van der Waals surface area contributed by atoms with E-state index in [4.69, 9.17) is 5.11 Å². The molecule has 0 saturated carbocycles. The third-order valence-electron chi connectivity index (χ3n) is 3.29. The molecular weight excluding hydrogens is 256 g/mol. The van der Waals surface area contributed by atoms with Crippen molar-refractivity contribution in [2.24, 2.45) is 0 Å². The quantitative estimate of drug-likeness (QED) is 0.777. The predicted molar refractivity (Wildman–Crippen MR) is 76.7 cm³/mol. The number of carbonyl (C=O) groups is 1. The summed E-state index contributed by atoms with van der Waals surface area (Å²) < 4.78 is 0. The first kappa shape index (κ1) is 14.3. The lowest BCUT2D eigenvalue weighted by Gasteiger charge is -2.17. The van der Waals surface area contributed by atoms with Crippen molar-refractivity contribution < 1.29 is 15.0 Å². The molecule has 0 radical (unpaired) electrons. The van der Waals surface area contributed by atoms with Crippen LogP contribution in [0.5, 0.6) is 5.75 Å². The number of aromatic hydroxyl groups is 1. The van der Waals surface area contributed by atoms with Gasteiger partial charge in [-0.05, 0) is 18.9 Å².